The van der Waals surface area contributed by atoms with Crippen LogP contribution in [0.25, 0.3) is 0 Å². The first kappa shape index (κ1) is 9.92. The molecule has 4 heteroatoms. The molecule has 0 aliphatic heterocycles. The minimum Gasteiger partial charge on any atom is -0.354 e. The third kappa shape index (κ3) is 2.99. The molecule has 0 bridgehead atoms. The van der Waals surface area contributed by atoms with Crippen molar-refractivity contribution in [2.75, 3.05) is 18.4 Å². The molecule has 0 saturated carbocycles. The van der Waals surface area contributed by atoms with Crippen LogP contribution in [0.2, 0.25) is 0 Å². The molecule has 4 nitrogen and oxygen atoms in total. The second kappa shape index (κ2) is 4.77. The van der Waals surface area contributed by atoms with Crippen molar-refractivity contribution in [1.82, 2.24) is 9.97 Å². The van der Waals surface area contributed by atoms with Crippen molar-refractivity contribution >= 4 is 5.95 Å². The van der Waals surface area contributed by atoms with Crippen LogP contribution >= 0.6 is 0 Å². The highest BCUT2D eigenvalue weighted by atomic mass is 15.1. The number of anilines is 1. The standard InChI is InChI=1S/C9H16N4/c1-7-6-12-9(13-8(7)2)11-5-3-4-10/h6H,3-5,10H2,1-2H3,(H,11,12,13). The van der Waals surface area contributed by atoms with Crippen LogP contribution in [0.5, 0.6) is 0 Å². The number of nitrogens with one attached hydrogen (secondary N) is 1. The minimum absolute atomic E-state index is 0.691. The maximum Gasteiger partial charge on any atom is 0.222 e. The molecular weight excluding hydrogens is 164 g/mol. The molecule has 0 spiro atoms. The average molecular weight is 180 g/mol. The van der Waals surface area contributed by atoms with Crippen LogP contribution in [0.15, 0.2) is 6.20 Å². The predicted molar refractivity (Wildman–Crippen MR) is 53.7 cm³/mol. The summed E-state index contributed by atoms with van der Waals surface area (Å²) < 4.78 is 0. The third-order valence-electron chi connectivity index (χ3n) is 1.89. The van der Waals surface area contributed by atoms with E-state index in [4.69, 9.17) is 5.73 Å². The van der Waals surface area contributed by atoms with E-state index in [1.807, 2.05) is 20.0 Å². The Hall–Kier alpha value is -1.16. The molecule has 1 aromatic heterocycles. The van der Waals surface area contributed by atoms with Crippen molar-refractivity contribution in [2.24, 2.45) is 5.73 Å². The Labute approximate surface area is 78.6 Å². The Balaban J connectivity index is 2.53. The lowest BCUT2D eigenvalue weighted by atomic mass is 10.3. The minimum atomic E-state index is 0.691. The molecule has 1 rings (SSSR count). The first-order valence-electron chi connectivity index (χ1n) is 4.48. The smallest absolute Gasteiger partial charge is 0.222 e. The second-order valence-electron chi connectivity index (χ2n) is 3.03. The van der Waals surface area contributed by atoms with Gasteiger partial charge in [-0.1, -0.05) is 0 Å². The molecule has 1 heterocycles. The Morgan fingerprint density at radius 1 is 1.46 bits per heavy atom. The van der Waals surface area contributed by atoms with E-state index in [1.165, 1.54) is 0 Å². The van der Waals surface area contributed by atoms with E-state index in [2.05, 4.69) is 15.3 Å². The fourth-order valence-corrected chi connectivity index (χ4v) is 0.915. The highest BCUT2D eigenvalue weighted by Gasteiger charge is 1.97. The summed E-state index contributed by atoms with van der Waals surface area (Å²) in [5.74, 6) is 0.691. The summed E-state index contributed by atoms with van der Waals surface area (Å²) >= 11 is 0. The van der Waals surface area contributed by atoms with E-state index < -0.39 is 0 Å². The molecule has 13 heavy (non-hydrogen) atoms. The van der Waals surface area contributed by atoms with Crippen molar-refractivity contribution < 1.29 is 0 Å². The van der Waals surface area contributed by atoms with Crippen molar-refractivity contribution in [3.8, 4) is 0 Å². The second-order valence-corrected chi connectivity index (χ2v) is 3.03. The van der Waals surface area contributed by atoms with Gasteiger partial charge in [0.1, 0.15) is 0 Å². The van der Waals surface area contributed by atoms with Gasteiger partial charge in [-0.3, -0.25) is 0 Å². The van der Waals surface area contributed by atoms with Gasteiger partial charge < -0.3 is 11.1 Å². The van der Waals surface area contributed by atoms with Gasteiger partial charge in [-0.15, -0.1) is 0 Å². The van der Waals surface area contributed by atoms with Gasteiger partial charge in [0.05, 0.1) is 0 Å². The van der Waals surface area contributed by atoms with Crippen molar-refractivity contribution in [2.45, 2.75) is 20.3 Å². The van der Waals surface area contributed by atoms with Crippen LogP contribution in [-0.2, 0) is 0 Å². The summed E-state index contributed by atoms with van der Waals surface area (Å²) in [5.41, 5.74) is 7.50. The largest absolute Gasteiger partial charge is 0.354 e. The van der Waals surface area contributed by atoms with Gasteiger partial charge >= 0.3 is 0 Å². The zero-order chi connectivity index (χ0) is 9.68. The van der Waals surface area contributed by atoms with Gasteiger partial charge in [-0.25, -0.2) is 9.97 Å². The third-order valence-corrected chi connectivity index (χ3v) is 1.89. The van der Waals surface area contributed by atoms with Gasteiger partial charge in [0, 0.05) is 18.4 Å². The van der Waals surface area contributed by atoms with Crippen molar-refractivity contribution in [3.05, 3.63) is 17.5 Å². The van der Waals surface area contributed by atoms with Crippen LogP contribution in [-0.4, -0.2) is 23.1 Å². The maximum absolute atomic E-state index is 5.37. The first-order chi connectivity index (χ1) is 6.24. The fraction of sp³-hybridized carbons (Fsp3) is 0.556. The SMILES string of the molecule is Cc1cnc(NCCCN)nc1C. The molecule has 0 aromatic carbocycles. The number of hydrogen-bond acceptors (Lipinski definition) is 4. The Bertz CT molecular complexity index is 272. The van der Waals surface area contributed by atoms with Crippen LogP contribution < -0.4 is 11.1 Å². The maximum atomic E-state index is 5.37. The number of rotatable bonds is 4. The van der Waals surface area contributed by atoms with Gasteiger partial charge in [0.25, 0.3) is 0 Å². The number of nitrogens with two attached hydrogens (primary N) is 1. The van der Waals surface area contributed by atoms with E-state index >= 15 is 0 Å². The molecule has 0 unspecified atom stereocenters. The summed E-state index contributed by atoms with van der Waals surface area (Å²) in [4.78, 5) is 8.43. The molecular formula is C9H16N4. The van der Waals surface area contributed by atoms with Crippen molar-refractivity contribution in [3.63, 3.8) is 0 Å². The van der Waals surface area contributed by atoms with Crippen LogP contribution in [0.4, 0.5) is 5.95 Å². The zero-order valence-electron chi connectivity index (χ0n) is 8.17. The highest BCUT2D eigenvalue weighted by Crippen LogP contribution is 2.04. The molecule has 72 valence electrons. The molecule has 0 radical (unpaired) electrons. The summed E-state index contributed by atoms with van der Waals surface area (Å²) in [6, 6.07) is 0. The Morgan fingerprint density at radius 2 is 2.23 bits per heavy atom. The molecule has 0 atom stereocenters. The average Bonchev–Trinajstić information content (AvgIpc) is 2.12. The monoisotopic (exact) mass is 180 g/mol. The molecule has 0 amide bonds. The molecule has 0 fully saturated rings. The van der Waals surface area contributed by atoms with Crippen LogP contribution in [0.3, 0.4) is 0 Å². The molecule has 0 aliphatic rings. The van der Waals surface area contributed by atoms with E-state index in [9.17, 15) is 0 Å². The molecule has 3 N–H and O–H groups in total. The number of aryl methyl sites for hydroxylation is 2. The lowest BCUT2D eigenvalue weighted by Gasteiger charge is -2.05. The van der Waals surface area contributed by atoms with Gasteiger partial charge in [0.2, 0.25) is 5.95 Å². The van der Waals surface area contributed by atoms with E-state index in [0.29, 0.717) is 12.5 Å². The first-order valence-corrected chi connectivity index (χ1v) is 4.48. The van der Waals surface area contributed by atoms with Gasteiger partial charge in [-0.05, 0) is 32.4 Å². The summed E-state index contributed by atoms with van der Waals surface area (Å²) in [6.07, 6.45) is 2.77. The highest BCUT2D eigenvalue weighted by molar-refractivity contribution is 5.28. The number of nitrogens with zero attached hydrogens (tertiary/aromatic N) is 2. The quantitative estimate of drug-likeness (QED) is 0.674. The number of aromatic nitrogens is 2. The van der Waals surface area contributed by atoms with Crippen molar-refractivity contribution in [1.29, 1.82) is 0 Å². The fourth-order valence-electron chi connectivity index (χ4n) is 0.915. The summed E-state index contributed by atoms with van der Waals surface area (Å²) in [7, 11) is 0. The van der Waals surface area contributed by atoms with E-state index in [0.717, 1.165) is 24.2 Å². The predicted octanol–water partition coefficient (Wildman–Crippen LogP) is 0.854. The van der Waals surface area contributed by atoms with E-state index in [1.54, 1.807) is 0 Å². The van der Waals surface area contributed by atoms with E-state index in [-0.39, 0.29) is 0 Å². The topological polar surface area (TPSA) is 63.8 Å². The van der Waals surface area contributed by atoms with Gasteiger partial charge in [0.15, 0.2) is 0 Å². The van der Waals surface area contributed by atoms with Gasteiger partial charge in [-0.2, -0.15) is 0 Å². The van der Waals surface area contributed by atoms with Crippen LogP contribution in [0, 0.1) is 13.8 Å². The van der Waals surface area contributed by atoms with Crippen LogP contribution in [0.1, 0.15) is 17.7 Å². The molecule has 0 aliphatic carbocycles. The number of hydrogen-bond donors (Lipinski definition) is 2. The molecule has 0 saturated heterocycles. The Kier molecular flexibility index (Phi) is 3.64. The Morgan fingerprint density at radius 3 is 2.85 bits per heavy atom. The zero-order valence-corrected chi connectivity index (χ0v) is 8.17. The lowest BCUT2D eigenvalue weighted by molar-refractivity contribution is 0.861. The summed E-state index contributed by atoms with van der Waals surface area (Å²) in [5, 5.41) is 3.11. The lowest BCUT2D eigenvalue weighted by Crippen LogP contribution is -2.10. The molecule has 1 aromatic rings. The summed E-state index contributed by atoms with van der Waals surface area (Å²) in [6.45, 7) is 5.50. The normalized spacial score (nSPS) is 10.1.